The SMILES string of the molecule is N#COCCCCC(CCOC#N)OC#N. The van der Waals surface area contributed by atoms with E-state index in [0.29, 0.717) is 19.4 Å². The molecule has 1 atom stereocenters. The molecular formula is C10H13N3O3. The normalized spacial score (nSPS) is 10.3. The monoisotopic (exact) mass is 223 g/mol. The van der Waals surface area contributed by atoms with Crippen LogP contribution in [0.1, 0.15) is 25.7 Å². The highest BCUT2D eigenvalue weighted by Crippen LogP contribution is 2.09. The van der Waals surface area contributed by atoms with Crippen molar-refractivity contribution < 1.29 is 14.2 Å². The van der Waals surface area contributed by atoms with E-state index in [4.69, 9.17) is 20.5 Å². The van der Waals surface area contributed by atoms with Gasteiger partial charge in [0.2, 0.25) is 0 Å². The molecule has 0 rings (SSSR count). The number of ether oxygens (including phenoxy) is 3. The third-order valence-corrected chi connectivity index (χ3v) is 1.91. The molecule has 0 aromatic rings. The summed E-state index contributed by atoms with van der Waals surface area (Å²) >= 11 is 0. The molecule has 0 amide bonds. The lowest BCUT2D eigenvalue weighted by Gasteiger charge is -2.12. The van der Waals surface area contributed by atoms with E-state index >= 15 is 0 Å². The Bertz CT molecular complexity index is 287. The molecule has 86 valence electrons. The molecule has 16 heavy (non-hydrogen) atoms. The van der Waals surface area contributed by atoms with Gasteiger partial charge in [-0.1, -0.05) is 0 Å². The fourth-order valence-electron chi connectivity index (χ4n) is 1.16. The van der Waals surface area contributed by atoms with Crippen LogP contribution in [0.3, 0.4) is 0 Å². The standard InChI is InChI=1S/C10H13N3O3/c11-7-14-5-2-1-3-10(16-9-13)4-6-15-8-12/h10H,1-6H2. The van der Waals surface area contributed by atoms with Gasteiger partial charge in [0.1, 0.15) is 19.3 Å². The second-order valence-electron chi connectivity index (χ2n) is 3.00. The van der Waals surface area contributed by atoms with E-state index in [1.54, 1.807) is 18.8 Å². The number of hydrogen-bond donors (Lipinski definition) is 0. The quantitative estimate of drug-likeness (QED) is 0.432. The van der Waals surface area contributed by atoms with Gasteiger partial charge in [0.05, 0.1) is 0 Å². The molecular weight excluding hydrogens is 210 g/mol. The summed E-state index contributed by atoms with van der Waals surface area (Å²) in [5.74, 6) is 0. The third-order valence-electron chi connectivity index (χ3n) is 1.91. The summed E-state index contributed by atoms with van der Waals surface area (Å²) in [4.78, 5) is 0. The van der Waals surface area contributed by atoms with E-state index in [2.05, 4.69) is 9.47 Å². The summed E-state index contributed by atoms with van der Waals surface area (Å²) < 4.78 is 13.8. The van der Waals surface area contributed by atoms with Gasteiger partial charge in [-0.05, 0) is 19.3 Å². The predicted octanol–water partition coefficient (Wildman–Crippen LogP) is 1.41. The van der Waals surface area contributed by atoms with E-state index in [-0.39, 0.29) is 12.7 Å². The minimum Gasteiger partial charge on any atom is -0.428 e. The van der Waals surface area contributed by atoms with Crippen LogP contribution in [0.25, 0.3) is 0 Å². The van der Waals surface area contributed by atoms with Crippen LogP contribution < -0.4 is 0 Å². The number of rotatable bonds is 9. The summed E-state index contributed by atoms with van der Waals surface area (Å²) in [6.45, 7) is 0.627. The zero-order chi connectivity index (χ0) is 12.1. The molecule has 0 aliphatic heterocycles. The number of nitrogens with zero attached hydrogens (tertiary/aromatic N) is 3. The first-order chi connectivity index (χ1) is 7.85. The Morgan fingerprint density at radius 3 is 2.12 bits per heavy atom. The summed E-state index contributed by atoms with van der Waals surface area (Å²) in [5.41, 5.74) is 0. The van der Waals surface area contributed by atoms with Crippen LogP contribution in [-0.4, -0.2) is 19.3 Å². The van der Waals surface area contributed by atoms with Crippen LogP contribution in [0.5, 0.6) is 0 Å². The zero-order valence-corrected chi connectivity index (χ0v) is 8.89. The number of nitriles is 3. The maximum absolute atomic E-state index is 8.39. The Hall–Kier alpha value is -2.13. The molecule has 1 unspecified atom stereocenters. The van der Waals surface area contributed by atoms with Gasteiger partial charge in [-0.25, -0.2) is 0 Å². The van der Waals surface area contributed by atoms with E-state index in [1.807, 2.05) is 0 Å². The molecule has 0 aromatic heterocycles. The highest BCUT2D eigenvalue weighted by molar-refractivity contribution is 4.65. The van der Waals surface area contributed by atoms with Crippen molar-refractivity contribution in [2.45, 2.75) is 31.8 Å². The second-order valence-corrected chi connectivity index (χ2v) is 3.00. The van der Waals surface area contributed by atoms with Crippen molar-refractivity contribution in [3.05, 3.63) is 0 Å². The maximum Gasteiger partial charge on any atom is 0.286 e. The van der Waals surface area contributed by atoms with Gasteiger partial charge < -0.3 is 14.2 Å². The summed E-state index contributed by atoms with van der Waals surface area (Å²) in [6, 6.07) is 0. The first-order valence-electron chi connectivity index (χ1n) is 4.91. The van der Waals surface area contributed by atoms with E-state index < -0.39 is 0 Å². The van der Waals surface area contributed by atoms with Crippen molar-refractivity contribution in [3.63, 3.8) is 0 Å². The highest BCUT2D eigenvalue weighted by atomic mass is 16.5. The Morgan fingerprint density at radius 2 is 1.50 bits per heavy atom. The molecule has 0 aromatic carbocycles. The zero-order valence-electron chi connectivity index (χ0n) is 8.89. The smallest absolute Gasteiger partial charge is 0.286 e. The van der Waals surface area contributed by atoms with Gasteiger partial charge in [0, 0.05) is 6.42 Å². The Labute approximate surface area is 94.5 Å². The molecule has 6 heteroatoms. The van der Waals surface area contributed by atoms with Gasteiger partial charge in [-0.2, -0.15) is 15.8 Å². The maximum atomic E-state index is 8.39. The average Bonchev–Trinajstić information content (AvgIpc) is 2.29. The molecule has 0 radical (unpaired) electrons. The first-order valence-corrected chi connectivity index (χ1v) is 4.91. The summed E-state index contributed by atoms with van der Waals surface area (Å²) in [7, 11) is 0. The van der Waals surface area contributed by atoms with Crippen molar-refractivity contribution in [2.24, 2.45) is 0 Å². The molecule has 0 aliphatic rings. The van der Waals surface area contributed by atoms with Crippen molar-refractivity contribution in [3.8, 4) is 18.8 Å². The predicted molar refractivity (Wildman–Crippen MR) is 52.1 cm³/mol. The van der Waals surface area contributed by atoms with Crippen LogP contribution in [0.2, 0.25) is 0 Å². The van der Waals surface area contributed by atoms with Crippen molar-refractivity contribution in [1.29, 1.82) is 15.8 Å². The molecule has 0 saturated heterocycles. The topological polar surface area (TPSA) is 99.1 Å². The lowest BCUT2D eigenvalue weighted by atomic mass is 10.1. The molecule has 0 fully saturated rings. The highest BCUT2D eigenvalue weighted by Gasteiger charge is 2.09. The second kappa shape index (κ2) is 10.9. The summed E-state index contributed by atoms with van der Waals surface area (Å²) in [6.07, 6.45) is 7.23. The Morgan fingerprint density at radius 1 is 0.812 bits per heavy atom. The van der Waals surface area contributed by atoms with E-state index in [0.717, 1.165) is 12.8 Å². The molecule has 0 heterocycles. The Kier molecular flexibility index (Phi) is 9.49. The minimum absolute atomic E-state index is 0.236. The molecule has 0 spiro atoms. The van der Waals surface area contributed by atoms with Gasteiger partial charge in [0.25, 0.3) is 18.8 Å². The van der Waals surface area contributed by atoms with Crippen molar-refractivity contribution in [1.82, 2.24) is 0 Å². The van der Waals surface area contributed by atoms with Crippen LogP contribution in [0, 0.1) is 34.6 Å². The lowest BCUT2D eigenvalue weighted by molar-refractivity contribution is 0.110. The molecule has 0 N–H and O–H groups in total. The van der Waals surface area contributed by atoms with Gasteiger partial charge in [0.15, 0.2) is 0 Å². The minimum atomic E-state index is -0.236. The van der Waals surface area contributed by atoms with Gasteiger partial charge in [-0.3, -0.25) is 0 Å². The number of hydrogen-bond acceptors (Lipinski definition) is 6. The third kappa shape index (κ3) is 8.47. The van der Waals surface area contributed by atoms with Crippen molar-refractivity contribution >= 4 is 0 Å². The largest absolute Gasteiger partial charge is 0.428 e. The van der Waals surface area contributed by atoms with Gasteiger partial charge in [-0.15, -0.1) is 0 Å². The Balaban J connectivity index is 3.57. The van der Waals surface area contributed by atoms with Crippen LogP contribution >= 0.6 is 0 Å². The fourth-order valence-corrected chi connectivity index (χ4v) is 1.16. The molecule has 6 nitrogen and oxygen atoms in total. The van der Waals surface area contributed by atoms with E-state index in [9.17, 15) is 0 Å². The molecule has 0 saturated carbocycles. The fraction of sp³-hybridized carbons (Fsp3) is 0.700. The van der Waals surface area contributed by atoms with Gasteiger partial charge >= 0.3 is 0 Å². The van der Waals surface area contributed by atoms with Crippen LogP contribution in [-0.2, 0) is 14.2 Å². The number of unbranched alkanes of at least 4 members (excludes halogenated alkanes) is 1. The van der Waals surface area contributed by atoms with Crippen LogP contribution in [0.4, 0.5) is 0 Å². The van der Waals surface area contributed by atoms with E-state index in [1.165, 1.54) is 0 Å². The van der Waals surface area contributed by atoms with Crippen molar-refractivity contribution in [2.75, 3.05) is 13.2 Å². The average molecular weight is 223 g/mol. The first kappa shape index (κ1) is 13.9. The molecule has 0 aliphatic carbocycles. The summed E-state index contributed by atoms with van der Waals surface area (Å²) in [5, 5.41) is 24.7. The van der Waals surface area contributed by atoms with Crippen LogP contribution in [0.15, 0.2) is 0 Å². The lowest BCUT2D eigenvalue weighted by Crippen LogP contribution is -2.13. The molecule has 0 bridgehead atoms.